The molecule has 2 rings (SSSR count). The molecule has 1 nitrogen and oxygen atoms in total. The Bertz CT molecular complexity index is 364. The normalized spacial score (nSPS) is 24.8. The highest BCUT2D eigenvalue weighted by Gasteiger charge is 2.23. The average Bonchev–Trinajstić information content (AvgIpc) is 2.59. The van der Waals surface area contributed by atoms with E-state index in [4.69, 9.17) is 11.6 Å². The topological polar surface area (TPSA) is 12.0 Å². The van der Waals surface area contributed by atoms with Gasteiger partial charge in [0.05, 0.1) is 0 Å². The zero-order chi connectivity index (χ0) is 12.8. The molecule has 1 fully saturated rings. The Morgan fingerprint density at radius 1 is 1.17 bits per heavy atom. The van der Waals surface area contributed by atoms with Crippen molar-refractivity contribution < 1.29 is 0 Å². The van der Waals surface area contributed by atoms with Gasteiger partial charge in [0, 0.05) is 11.1 Å². The third-order valence-corrected chi connectivity index (χ3v) is 4.43. The molecule has 1 saturated carbocycles. The Kier molecular flexibility index (Phi) is 5.52. The molecule has 1 aromatic carbocycles. The molecule has 0 spiro atoms. The van der Waals surface area contributed by atoms with E-state index in [2.05, 4.69) is 24.4 Å². The number of rotatable bonds is 4. The molecule has 2 heteroatoms. The highest BCUT2D eigenvalue weighted by molar-refractivity contribution is 6.31. The van der Waals surface area contributed by atoms with E-state index in [0.717, 1.165) is 23.9 Å². The third-order valence-electron chi connectivity index (χ3n) is 4.07. The van der Waals surface area contributed by atoms with Crippen molar-refractivity contribution in [3.8, 4) is 0 Å². The minimum absolute atomic E-state index is 0.675. The molecular formula is C16H24ClN. The zero-order valence-corrected chi connectivity index (χ0v) is 12.0. The largest absolute Gasteiger partial charge is 0.314 e. The first kappa shape index (κ1) is 13.9. The van der Waals surface area contributed by atoms with Gasteiger partial charge in [0.1, 0.15) is 0 Å². The van der Waals surface area contributed by atoms with Gasteiger partial charge < -0.3 is 5.32 Å². The van der Waals surface area contributed by atoms with Crippen LogP contribution in [-0.4, -0.2) is 12.6 Å². The lowest BCUT2D eigenvalue weighted by Crippen LogP contribution is -2.36. The average molecular weight is 266 g/mol. The molecule has 1 aliphatic carbocycles. The minimum atomic E-state index is 0.675. The molecule has 100 valence electrons. The lowest BCUT2D eigenvalue weighted by Gasteiger charge is -2.26. The van der Waals surface area contributed by atoms with Gasteiger partial charge in [0.2, 0.25) is 0 Å². The van der Waals surface area contributed by atoms with Gasteiger partial charge in [-0.05, 0) is 43.4 Å². The van der Waals surface area contributed by atoms with E-state index >= 15 is 0 Å². The molecule has 18 heavy (non-hydrogen) atoms. The van der Waals surface area contributed by atoms with Crippen LogP contribution in [0.15, 0.2) is 24.3 Å². The van der Waals surface area contributed by atoms with Crippen molar-refractivity contribution in [3.05, 3.63) is 34.9 Å². The second-order valence-corrected chi connectivity index (χ2v) is 5.76. The summed E-state index contributed by atoms with van der Waals surface area (Å²) in [6, 6.07) is 8.97. The van der Waals surface area contributed by atoms with E-state index < -0.39 is 0 Å². The third kappa shape index (κ3) is 3.73. The van der Waals surface area contributed by atoms with Crippen molar-refractivity contribution in [2.45, 2.75) is 51.5 Å². The van der Waals surface area contributed by atoms with Gasteiger partial charge in [-0.3, -0.25) is 0 Å². The molecule has 0 radical (unpaired) electrons. The molecule has 1 N–H and O–H groups in total. The minimum Gasteiger partial charge on any atom is -0.314 e. The highest BCUT2D eigenvalue weighted by Crippen LogP contribution is 2.28. The van der Waals surface area contributed by atoms with Gasteiger partial charge in [-0.1, -0.05) is 56.0 Å². The molecule has 2 unspecified atom stereocenters. The fraction of sp³-hybridized carbons (Fsp3) is 0.625. The van der Waals surface area contributed by atoms with Crippen LogP contribution >= 0.6 is 11.6 Å². The zero-order valence-electron chi connectivity index (χ0n) is 11.3. The van der Waals surface area contributed by atoms with E-state index in [1.54, 1.807) is 0 Å². The summed E-state index contributed by atoms with van der Waals surface area (Å²) < 4.78 is 0. The van der Waals surface area contributed by atoms with Crippen LogP contribution in [0.2, 0.25) is 5.02 Å². The van der Waals surface area contributed by atoms with E-state index in [1.807, 2.05) is 12.1 Å². The van der Waals surface area contributed by atoms with E-state index in [1.165, 1.54) is 37.7 Å². The Balaban J connectivity index is 2.06. The number of halogens is 1. The van der Waals surface area contributed by atoms with Gasteiger partial charge in [-0.25, -0.2) is 0 Å². The Labute approximate surface area is 116 Å². The summed E-state index contributed by atoms with van der Waals surface area (Å²) in [4.78, 5) is 0. The molecular weight excluding hydrogens is 242 g/mol. The van der Waals surface area contributed by atoms with Crippen molar-refractivity contribution in [3.63, 3.8) is 0 Å². The smallest absolute Gasteiger partial charge is 0.0438 e. The van der Waals surface area contributed by atoms with E-state index in [0.29, 0.717) is 6.04 Å². The first-order chi connectivity index (χ1) is 8.81. The Hall–Kier alpha value is -0.530. The Morgan fingerprint density at radius 3 is 2.72 bits per heavy atom. The number of hydrogen-bond acceptors (Lipinski definition) is 1. The lowest BCUT2D eigenvalue weighted by atomic mass is 9.88. The van der Waals surface area contributed by atoms with Crippen LogP contribution in [-0.2, 0) is 6.42 Å². The SMILES string of the molecule is CCNC1CCCCCC1Cc1ccccc1Cl. The maximum Gasteiger partial charge on any atom is 0.0438 e. The van der Waals surface area contributed by atoms with Crippen molar-refractivity contribution in [2.24, 2.45) is 5.92 Å². The quantitative estimate of drug-likeness (QED) is 0.794. The summed E-state index contributed by atoms with van der Waals surface area (Å²) in [5.41, 5.74) is 1.31. The van der Waals surface area contributed by atoms with Gasteiger partial charge in [0.15, 0.2) is 0 Å². The maximum absolute atomic E-state index is 6.29. The van der Waals surface area contributed by atoms with Crippen LogP contribution < -0.4 is 5.32 Å². The highest BCUT2D eigenvalue weighted by atomic mass is 35.5. The number of hydrogen-bond donors (Lipinski definition) is 1. The molecule has 2 atom stereocenters. The molecule has 0 amide bonds. The fourth-order valence-corrected chi connectivity index (χ4v) is 3.32. The summed E-state index contributed by atoms with van der Waals surface area (Å²) in [7, 11) is 0. The van der Waals surface area contributed by atoms with Gasteiger partial charge >= 0.3 is 0 Å². The van der Waals surface area contributed by atoms with Crippen LogP contribution in [0.3, 0.4) is 0 Å². The van der Waals surface area contributed by atoms with Crippen molar-refractivity contribution in [2.75, 3.05) is 6.54 Å². The second kappa shape index (κ2) is 7.16. The van der Waals surface area contributed by atoms with Crippen LogP contribution in [0.1, 0.15) is 44.6 Å². The first-order valence-corrected chi connectivity index (χ1v) is 7.66. The van der Waals surface area contributed by atoms with Crippen molar-refractivity contribution >= 4 is 11.6 Å². The fourth-order valence-electron chi connectivity index (χ4n) is 3.11. The predicted molar refractivity (Wildman–Crippen MR) is 79.2 cm³/mol. The van der Waals surface area contributed by atoms with Crippen LogP contribution in [0.4, 0.5) is 0 Å². The molecule has 1 aliphatic rings. The number of benzene rings is 1. The van der Waals surface area contributed by atoms with Gasteiger partial charge in [-0.2, -0.15) is 0 Å². The Morgan fingerprint density at radius 2 is 1.94 bits per heavy atom. The molecule has 1 aromatic rings. The van der Waals surface area contributed by atoms with Crippen LogP contribution in [0.25, 0.3) is 0 Å². The predicted octanol–water partition coefficient (Wildman–Crippen LogP) is 4.44. The van der Waals surface area contributed by atoms with Gasteiger partial charge in [0.25, 0.3) is 0 Å². The summed E-state index contributed by atoms with van der Waals surface area (Å²) in [6.07, 6.45) is 7.91. The summed E-state index contributed by atoms with van der Waals surface area (Å²) >= 11 is 6.29. The van der Waals surface area contributed by atoms with Crippen molar-refractivity contribution in [1.29, 1.82) is 0 Å². The summed E-state index contributed by atoms with van der Waals surface area (Å²) in [5.74, 6) is 0.743. The molecule has 0 heterocycles. The standard InChI is InChI=1S/C16H24ClN/c1-2-18-16-11-5-3-4-9-14(16)12-13-8-6-7-10-15(13)17/h6-8,10,14,16,18H,2-5,9,11-12H2,1H3. The molecule has 0 aliphatic heterocycles. The summed E-state index contributed by atoms with van der Waals surface area (Å²) in [6.45, 7) is 3.28. The van der Waals surface area contributed by atoms with E-state index in [-0.39, 0.29) is 0 Å². The molecule has 0 saturated heterocycles. The van der Waals surface area contributed by atoms with Crippen LogP contribution in [0.5, 0.6) is 0 Å². The monoisotopic (exact) mass is 265 g/mol. The van der Waals surface area contributed by atoms with Gasteiger partial charge in [-0.15, -0.1) is 0 Å². The molecule has 0 aromatic heterocycles. The second-order valence-electron chi connectivity index (χ2n) is 5.36. The van der Waals surface area contributed by atoms with E-state index in [9.17, 15) is 0 Å². The van der Waals surface area contributed by atoms with Crippen molar-refractivity contribution in [1.82, 2.24) is 5.32 Å². The number of nitrogens with one attached hydrogen (secondary N) is 1. The van der Waals surface area contributed by atoms with Crippen LogP contribution in [0, 0.1) is 5.92 Å². The maximum atomic E-state index is 6.29. The first-order valence-electron chi connectivity index (χ1n) is 7.28. The summed E-state index contributed by atoms with van der Waals surface area (Å²) in [5, 5.41) is 4.60. The molecule has 0 bridgehead atoms. The lowest BCUT2D eigenvalue weighted by molar-refractivity contribution is 0.337.